The zero-order chi connectivity index (χ0) is 13.5. The number of aryl methyl sites for hydroxylation is 1. The van der Waals surface area contributed by atoms with Gasteiger partial charge < -0.3 is 0 Å². The molecular formula is C16H14N2OSe. The van der Waals surface area contributed by atoms with E-state index in [0.717, 1.165) is 41.4 Å². The molecule has 0 amide bonds. The van der Waals surface area contributed by atoms with Crippen LogP contribution in [-0.2, 0) is 12.8 Å². The molecule has 1 aliphatic carbocycles. The van der Waals surface area contributed by atoms with Crippen molar-refractivity contribution in [2.24, 2.45) is 0 Å². The van der Waals surface area contributed by atoms with Crippen LogP contribution in [0.25, 0.3) is 16.6 Å². The van der Waals surface area contributed by atoms with E-state index in [1.807, 2.05) is 33.9 Å². The van der Waals surface area contributed by atoms with Crippen LogP contribution in [0.2, 0.25) is 0 Å². The number of aromatic nitrogens is 2. The standard InChI is InChI=1S/C16H14N2OSe/c19-16-12-7-1-2-9-14(12)20-18(16)13-8-3-5-11-6-4-10-17-15(11)13/h3-6,8,10H,1-2,7,9H2. The van der Waals surface area contributed by atoms with E-state index in [1.165, 1.54) is 10.9 Å². The molecule has 3 nitrogen and oxygen atoms in total. The average molecular weight is 329 g/mol. The third-order valence-electron chi connectivity index (χ3n) is 3.89. The number of para-hydroxylation sites is 1. The van der Waals surface area contributed by atoms with Gasteiger partial charge in [-0.1, -0.05) is 0 Å². The molecule has 0 saturated heterocycles. The number of pyridine rings is 1. The Morgan fingerprint density at radius 2 is 1.95 bits per heavy atom. The molecule has 0 radical (unpaired) electrons. The summed E-state index contributed by atoms with van der Waals surface area (Å²) in [5.74, 6) is 0. The van der Waals surface area contributed by atoms with Crippen LogP contribution in [0.15, 0.2) is 41.3 Å². The molecule has 0 unspecified atom stereocenters. The minimum absolute atomic E-state index is 0.124. The van der Waals surface area contributed by atoms with Gasteiger partial charge in [0.15, 0.2) is 0 Å². The Bertz CT molecular complexity index is 842. The molecule has 0 saturated carbocycles. The summed E-state index contributed by atoms with van der Waals surface area (Å²) >= 11 is 0.124. The first kappa shape index (κ1) is 12.1. The molecule has 2 heterocycles. The molecule has 2 aromatic heterocycles. The molecule has 1 aliphatic rings. The summed E-state index contributed by atoms with van der Waals surface area (Å²) in [5.41, 5.74) is 3.22. The molecule has 0 bridgehead atoms. The monoisotopic (exact) mass is 330 g/mol. The molecule has 0 N–H and O–H groups in total. The van der Waals surface area contributed by atoms with E-state index >= 15 is 0 Å². The number of nitrogens with zero attached hydrogens (tertiary/aromatic N) is 2. The first-order valence-corrected chi connectivity index (χ1v) is 8.55. The second-order valence-electron chi connectivity index (χ2n) is 5.15. The molecule has 4 heteroatoms. The first-order valence-electron chi connectivity index (χ1n) is 6.93. The molecule has 0 atom stereocenters. The van der Waals surface area contributed by atoms with Crippen molar-refractivity contribution < 1.29 is 0 Å². The number of fused-ring (bicyclic) bond motifs is 2. The van der Waals surface area contributed by atoms with Gasteiger partial charge >= 0.3 is 122 Å². The Morgan fingerprint density at radius 1 is 1.10 bits per heavy atom. The molecule has 20 heavy (non-hydrogen) atoms. The fourth-order valence-corrected chi connectivity index (χ4v) is 5.40. The van der Waals surface area contributed by atoms with Crippen LogP contribution >= 0.6 is 0 Å². The topological polar surface area (TPSA) is 34.9 Å². The van der Waals surface area contributed by atoms with E-state index in [-0.39, 0.29) is 20.3 Å². The summed E-state index contributed by atoms with van der Waals surface area (Å²) in [7, 11) is 0. The van der Waals surface area contributed by atoms with Gasteiger partial charge in [0, 0.05) is 0 Å². The van der Waals surface area contributed by atoms with Gasteiger partial charge in [0.05, 0.1) is 0 Å². The van der Waals surface area contributed by atoms with E-state index in [2.05, 4.69) is 4.98 Å². The maximum absolute atomic E-state index is 12.6. The number of rotatable bonds is 1. The van der Waals surface area contributed by atoms with E-state index < -0.39 is 0 Å². The van der Waals surface area contributed by atoms with Gasteiger partial charge in [-0.25, -0.2) is 0 Å². The van der Waals surface area contributed by atoms with E-state index in [4.69, 9.17) is 0 Å². The summed E-state index contributed by atoms with van der Waals surface area (Å²) in [6.07, 6.45) is 6.25. The maximum atomic E-state index is 12.6. The van der Waals surface area contributed by atoms with E-state index in [0.29, 0.717) is 0 Å². The van der Waals surface area contributed by atoms with Crippen LogP contribution in [0.4, 0.5) is 0 Å². The number of benzene rings is 1. The molecule has 0 aliphatic heterocycles. The Balaban J connectivity index is 2.00. The fraction of sp³-hybridized carbons (Fsp3) is 0.250. The normalized spacial score (nSPS) is 14.4. The summed E-state index contributed by atoms with van der Waals surface area (Å²) in [6, 6.07) is 10.1. The predicted octanol–water partition coefficient (Wildman–Crippen LogP) is 2.32. The molecule has 100 valence electrons. The van der Waals surface area contributed by atoms with E-state index in [9.17, 15) is 4.79 Å². The second kappa shape index (κ2) is 4.72. The Hall–Kier alpha value is -1.64. The Labute approximate surface area is 122 Å². The van der Waals surface area contributed by atoms with Crippen LogP contribution in [0.1, 0.15) is 22.8 Å². The Kier molecular flexibility index (Phi) is 2.86. The number of hydrogen-bond donors (Lipinski definition) is 0. The molecular weight excluding hydrogens is 315 g/mol. The summed E-state index contributed by atoms with van der Waals surface area (Å²) < 4.78 is 3.37. The van der Waals surface area contributed by atoms with Crippen LogP contribution in [0, 0.1) is 0 Å². The van der Waals surface area contributed by atoms with Crippen molar-refractivity contribution in [3.63, 3.8) is 0 Å². The first-order chi connectivity index (χ1) is 9.84. The van der Waals surface area contributed by atoms with Crippen molar-refractivity contribution in [1.29, 1.82) is 0 Å². The van der Waals surface area contributed by atoms with Gasteiger partial charge in [-0.2, -0.15) is 0 Å². The van der Waals surface area contributed by atoms with Crippen molar-refractivity contribution in [1.82, 2.24) is 8.55 Å². The number of hydrogen-bond acceptors (Lipinski definition) is 2. The second-order valence-corrected chi connectivity index (χ2v) is 7.34. The quantitative estimate of drug-likeness (QED) is 0.642. The molecule has 0 fully saturated rings. The molecule has 4 rings (SSSR count). The van der Waals surface area contributed by atoms with Gasteiger partial charge in [0.25, 0.3) is 0 Å². The summed E-state index contributed by atoms with van der Waals surface area (Å²) in [6.45, 7) is 0. The fourth-order valence-electron chi connectivity index (χ4n) is 2.89. The minimum atomic E-state index is 0.124. The summed E-state index contributed by atoms with van der Waals surface area (Å²) in [5, 5.41) is 1.10. The van der Waals surface area contributed by atoms with Gasteiger partial charge in [-0.3, -0.25) is 0 Å². The van der Waals surface area contributed by atoms with Gasteiger partial charge in [0.1, 0.15) is 0 Å². The third-order valence-corrected chi connectivity index (χ3v) is 6.44. The van der Waals surface area contributed by atoms with Crippen LogP contribution in [0.5, 0.6) is 0 Å². The SMILES string of the molecule is O=c1c2c([se]n1-c1cccc3cccnc13)CCCC2. The van der Waals surface area contributed by atoms with Crippen LogP contribution in [0.3, 0.4) is 0 Å². The third kappa shape index (κ3) is 1.80. The zero-order valence-corrected chi connectivity index (χ0v) is 12.7. The van der Waals surface area contributed by atoms with Crippen molar-refractivity contribution >= 4 is 25.6 Å². The summed E-state index contributed by atoms with van der Waals surface area (Å²) in [4.78, 5) is 17.1. The van der Waals surface area contributed by atoms with Crippen molar-refractivity contribution in [2.75, 3.05) is 0 Å². The van der Waals surface area contributed by atoms with Crippen LogP contribution in [-0.4, -0.2) is 23.3 Å². The van der Waals surface area contributed by atoms with Gasteiger partial charge in [-0.15, -0.1) is 0 Å². The molecule has 3 aromatic rings. The van der Waals surface area contributed by atoms with Crippen molar-refractivity contribution in [3.8, 4) is 5.69 Å². The van der Waals surface area contributed by atoms with Crippen molar-refractivity contribution in [3.05, 3.63) is 56.9 Å². The average Bonchev–Trinajstić information content (AvgIpc) is 2.84. The predicted molar refractivity (Wildman–Crippen MR) is 80.9 cm³/mol. The van der Waals surface area contributed by atoms with Gasteiger partial charge in [-0.05, 0) is 0 Å². The van der Waals surface area contributed by atoms with Crippen LogP contribution < -0.4 is 5.56 Å². The Morgan fingerprint density at radius 3 is 2.85 bits per heavy atom. The zero-order valence-electron chi connectivity index (χ0n) is 11.0. The van der Waals surface area contributed by atoms with E-state index in [1.54, 1.807) is 6.20 Å². The van der Waals surface area contributed by atoms with Gasteiger partial charge in [0.2, 0.25) is 0 Å². The van der Waals surface area contributed by atoms with Crippen molar-refractivity contribution in [2.45, 2.75) is 25.7 Å². The molecule has 1 aromatic carbocycles. The molecule has 0 spiro atoms.